The third-order valence-electron chi connectivity index (χ3n) is 2.92. The van der Waals surface area contributed by atoms with E-state index in [0.29, 0.717) is 10.6 Å². The molecule has 0 aromatic heterocycles. The Morgan fingerprint density at radius 3 is 2.68 bits per heavy atom. The van der Waals surface area contributed by atoms with E-state index in [-0.39, 0.29) is 5.91 Å². The lowest BCUT2D eigenvalue weighted by molar-refractivity contribution is -0.110. The number of fused-ring (bicyclic) bond motifs is 1. The van der Waals surface area contributed by atoms with Crippen LogP contribution in [0.4, 0.5) is 11.4 Å². The highest BCUT2D eigenvalue weighted by Gasteiger charge is 2.23. The quantitative estimate of drug-likeness (QED) is 0.816. The van der Waals surface area contributed by atoms with E-state index in [2.05, 4.69) is 10.6 Å². The largest absolute Gasteiger partial charge is 0.361 e. The molecule has 1 amide bonds. The lowest BCUT2D eigenvalue weighted by Gasteiger charge is -2.02. The molecule has 19 heavy (non-hydrogen) atoms. The third kappa shape index (κ3) is 2.33. The molecular weight excluding hydrogens is 260 g/mol. The van der Waals surface area contributed by atoms with E-state index in [1.165, 1.54) is 0 Å². The smallest absolute Gasteiger partial charge is 0.257 e. The minimum Gasteiger partial charge on any atom is -0.361 e. The zero-order valence-electron chi connectivity index (χ0n) is 9.98. The predicted octanol–water partition coefficient (Wildman–Crippen LogP) is 3.75. The van der Waals surface area contributed by atoms with Crippen molar-refractivity contribution in [3.05, 3.63) is 65.3 Å². The maximum absolute atomic E-state index is 11.9. The fraction of sp³-hybridized carbons (Fsp3) is 0. The standard InChI is InChI=1S/C15H11ClN2O/c16-10-6-7-14-12(8-10)13(15(19)18-14)9-17-11-4-2-1-3-5-11/h1-9,17H,(H,18,19). The van der Waals surface area contributed by atoms with Crippen molar-refractivity contribution in [1.82, 2.24) is 0 Å². The van der Waals surface area contributed by atoms with Crippen molar-refractivity contribution in [3.63, 3.8) is 0 Å². The number of amides is 1. The van der Waals surface area contributed by atoms with E-state index in [9.17, 15) is 4.79 Å². The molecule has 0 saturated carbocycles. The summed E-state index contributed by atoms with van der Waals surface area (Å²) in [6, 6.07) is 15.0. The molecule has 1 heterocycles. The molecule has 0 fully saturated rings. The van der Waals surface area contributed by atoms with Crippen molar-refractivity contribution < 1.29 is 4.79 Å². The van der Waals surface area contributed by atoms with Gasteiger partial charge in [0.2, 0.25) is 0 Å². The van der Waals surface area contributed by atoms with Gasteiger partial charge in [-0.05, 0) is 30.3 Å². The van der Waals surface area contributed by atoms with Gasteiger partial charge < -0.3 is 10.6 Å². The van der Waals surface area contributed by atoms with Gasteiger partial charge in [-0.15, -0.1) is 0 Å². The minimum absolute atomic E-state index is 0.124. The van der Waals surface area contributed by atoms with Crippen LogP contribution in [0.3, 0.4) is 0 Å². The molecule has 0 atom stereocenters. The van der Waals surface area contributed by atoms with E-state index >= 15 is 0 Å². The SMILES string of the molecule is O=C1Nc2ccc(Cl)cc2C1=CNc1ccccc1. The molecule has 0 spiro atoms. The minimum atomic E-state index is -0.124. The average Bonchev–Trinajstić information content (AvgIpc) is 2.73. The van der Waals surface area contributed by atoms with E-state index in [4.69, 9.17) is 11.6 Å². The summed E-state index contributed by atoms with van der Waals surface area (Å²) in [7, 11) is 0. The molecule has 94 valence electrons. The van der Waals surface area contributed by atoms with E-state index in [1.54, 1.807) is 24.4 Å². The molecule has 0 radical (unpaired) electrons. The fourth-order valence-electron chi connectivity index (χ4n) is 1.99. The van der Waals surface area contributed by atoms with Gasteiger partial charge in [0.25, 0.3) is 5.91 Å². The van der Waals surface area contributed by atoms with Gasteiger partial charge in [-0.25, -0.2) is 0 Å². The van der Waals surface area contributed by atoms with E-state index < -0.39 is 0 Å². The van der Waals surface area contributed by atoms with Gasteiger partial charge in [-0.1, -0.05) is 29.8 Å². The first kappa shape index (κ1) is 11.8. The third-order valence-corrected chi connectivity index (χ3v) is 3.16. The zero-order chi connectivity index (χ0) is 13.2. The molecule has 1 aliphatic rings. The van der Waals surface area contributed by atoms with E-state index in [1.807, 2.05) is 30.3 Å². The average molecular weight is 271 g/mol. The number of rotatable bonds is 2. The van der Waals surface area contributed by atoms with E-state index in [0.717, 1.165) is 16.9 Å². The van der Waals surface area contributed by atoms with Gasteiger partial charge >= 0.3 is 0 Å². The number of para-hydroxylation sites is 1. The van der Waals surface area contributed by atoms with Crippen LogP contribution in [0.2, 0.25) is 5.02 Å². The summed E-state index contributed by atoms with van der Waals surface area (Å²) in [5, 5.41) is 6.53. The van der Waals surface area contributed by atoms with Crippen LogP contribution in [0.5, 0.6) is 0 Å². The van der Waals surface area contributed by atoms with Crippen LogP contribution in [0, 0.1) is 0 Å². The van der Waals surface area contributed by atoms with Crippen molar-refractivity contribution in [3.8, 4) is 0 Å². The fourth-order valence-corrected chi connectivity index (χ4v) is 2.17. The van der Waals surface area contributed by atoms with Crippen LogP contribution in [-0.2, 0) is 4.79 Å². The van der Waals surface area contributed by atoms with Gasteiger partial charge in [0.05, 0.1) is 5.57 Å². The highest BCUT2D eigenvalue weighted by Crippen LogP contribution is 2.33. The van der Waals surface area contributed by atoms with Gasteiger partial charge in [-0.3, -0.25) is 4.79 Å². The normalized spacial score (nSPS) is 15.2. The molecule has 4 heteroatoms. The Kier molecular flexibility index (Phi) is 2.97. The maximum atomic E-state index is 11.9. The first-order valence-electron chi connectivity index (χ1n) is 5.87. The van der Waals surface area contributed by atoms with Crippen molar-refractivity contribution >= 4 is 34.5 Å². The maximum Gasteiger partial charge on any atom is 0.257 e. The van der Waals surface area contributed by atoms with Crippen LogP contribution >= 0.6 is 11.6 Å². The second-order valence-corrected chi connectivity index (χ2v) is 4.65. The zero-order valence-corrected chi connectivity index (χ0v) is 10.7. The van der Waals surface area contributed by atoms with Crippen molar-refractivity contribution in [2.45, 2.75) is 0 Å². The molecule has 1 aliphatic heterocycles. The second kappa shape index (κ2) is 4.78. The number of halogens is 1. The monoisotopic (exact) mass is 270 g/mol. The number of hydrogen-bond acceptors (Lipinski definition) is 2. The molecule has 2 N–H and O–H groups in total. The van der Waals surface area contributed by atoms with Gasteiger partial charge in [0, 0.05) is 28.2 Å². The Morgan fingerprint density at radius 1 is 1.11 bits per heavy atom. The number of carbonyl (C=O) groups is 1. The first-order valence-corrected chi connectivity index (χ1v) is 6.25. The van der Waals surface area contributed by atoms with Crippen molar-refractivity contribution in [2.24, 2.45) is 0 Å². The summed E-state index contributed by atoms with van der Waals surface area (Å²) < 4.78 is 0. The molecule has 0 saturated heterocycles. The number of anilines is 2. The van der Waals surface area contributed by atoms with Crippen molar-refractivity contribution in [1.29, 1.82) is 0 Å². The number of hydrogen-bond donors (Lipinski definition) is 2. The summed E-state index contributed by atoms with van der Waals surface area (Å²) in [5.74, 6) is -0.124. The summed E-state index contributed by atoms with van der Waals surface area (Å²) in [6.07, 6.45) is 1.70. The molecule has 3 rings (SSSR count). The highest BCUT2D eigenvalue weighted by molar-refractivity contribution is 6.34. The highest BCUT2D eigenvalue weighted by atomic mass is 35.5. The molecule has 0 bridgehead atoms. The van der Waals surface area contributed by atoms with Crippen LogP contribution in [0.15, 0.2) is 54.7 Å². The van der Waals surface area contributed by atoms with Gasteiger partial charge in [0.15, 0.2) is 0 Å². The number of benzene rings is 2. The van der Waals surface area contributed by atoms with Crippen LogP contribution in [0.1, 0.15) is 5.56 Å². The second-order valence-electron chi connectivity index (χ2n) is 4.21. The molecule has 2 aromatic rings. The Bertz CT molecular complexity index is 665. The van der Waals surface area contributed by atoms with Crippen LogP contribution < -0.4 is 10.6 Å². The van der Waals surface area contributed by atoms with Gasteiger partial charge in [0.1, 0.15) is 0 Å². The lowest BCUT2D eigenvalue weighted by Crippen LogP contribution is -2.05. The number of carbonyl (C=O) groups excluding carboxylic acids is 1. The first-order chi connectivity index (χ1) is 9.24. The van der Waals surface area contributed by atoms with Crippen LogP contribution in [-0.4, -0.2) is 5.91 Å². The molecule has 0 unspecified atom stereocenters. The summed E-state index contributed by atoms with van der Waals surface area (Å²) >= 11 is 5.97. The topological polar surface area (TPSA) is 41.1 Å². The van der Waals surface area contributed by atoms with Gasteiger partial charge in [-0.2, -0.15) is 0 Å². The Balaban J connectivity index is 1.93. The summed E-state index contributed by atoms with van der Waals surface area (Å²) in [4.78, 5) is 11.9. The summed E-state index contributed by atoms with van der Waals surface area (Å²) in [6.45, 7) is 0. The molecular formula is C15H11ClN2O. The Morgan fingerprint density at radius 2 is 1.89 bits per heavy atom. The predicted molar refractivity (Wildman–Crippen MR) is 78.1 cm³/mol. The molecule has 0 aliphatic carbocycles. The summed E-state index contributed by atoms with van der Waals surface area (Å²) in [5.41, 5.74) is 3.12. The lowest BCUT2D eigenvalue weighted by atomic mass is 10.1. The molecule has 2 aromatic carbocycles. The Hall–Kier alpha value is -2.26. The molecule has 3 nitrogen and oxygen atoms in total. The van der Waals surface area contributed by atoms with Crippen LogP contribution in [0.25, 0.3) is 5.57 Å². The van der Waals surface area contributed by atoms with Crippen molar-refractivity contribution in [2.75, 3.05) is 10.6 Å². The Labute approximate surface area is 115 Å². The number of nitrogens with one attached hydrogen (secondary N) is 2.